The van der Waals surface area contributed by atoms with Crippen LogP contribution in [0.15, 0.2) is 45.4 Å². The van der Waals surface area contributed by atoms with E-state index in [4.69, 9.17) is 9.47 Å². The number of hydrogen-bond acceptors (Lipinski definition) is 8. The molecule has 2 heterocycles. The zero-order valence-electron chi connectivity index (χ0n) is 14.7. The predicted molar refractivity (Wildman–Crippen MR) is 102 cm³/mol. The minimum absolute atomic E-state index is 0.239. The Hall–Kier alpha value is -2.59. The second kappa shape index (κ2) is 8.87. The molecule has 0 bridgehead atoms. The number of hydrogen-bond donors (Lipinski definition) is 2. The van der Waals surface area contributed by atoms with E-state index >= 15 is 0 Å². The summed E-state index contributed by atoms with van der Waals surface area (Å²) in [6.45, 7) is 1.98. The molecule has 10 heteroatoms. The number of amides is 2. The van der Waals surface area contributed by atoms with E-state index in [1.54, 1.807) is 31.7 Å². The Morgan fingerprint density at radius 2 is 2.11 bits per heavy atom. The lowest BCUT2D eigenvalue weighted by atomic mass is 9.95. The van der Waals surface area contributed by atoms with Gasteiger partial charge in [-0.2, -0.15) is 0 Å². The molecule has 1 aromatic carbocycles. The van der Waals surface area contributed by atoms with Gasteiger partial charge in [0.25, 0.3) is 0 Å². The summed E-state index contributed by atoms with van der Waals surface area (Å²) in [6.07, 6.45) is 0. The zero-order valence-corrected chi connectivity index (χ0v) is 16.4. The van der Waals surface area contributed by atoms with Crippen molar-refractivity contribution in [3.05, 3.63) is 46.6 Å². The number of nitrogens with zero attached hydrogens (tertiary/aromatic N) is 2. The Kier molecular flexibility index (Phi) is 6.30. The first-order valence-electron chi connectivity index (χ1n) is 8.13. The highest BCUT2D eigenvalue weighted by Crippen LogP contribution is 2.31. The van der Waals surface area contributed by atoms with Crippen molar-refractivity contribution in [2.24, 2.45) is 0 Å². The van der Waals surface area contributed by atoms with Gasteiger partial charge in [-0.15, -0.1) is 10.2 Å². The quantitative estimate of drug-likeness (QED) is 0.538. The molecule has 3 rings (SSSR count). The summed E-state index contributed by atoms with van der Waals surface area (Å²) in [5.74, 6) is 0.579. The van der Waals surface area contributed by atoms with Crippen molar-refractivity contribution in [2.45, 2.75) is 17.3 Å². The number of benzene rings is 1. The van der Waals surface area contributed by atoms with Crippen molar-refractivity contribution in [3.63, 3.8) is 0 Å². The van der Waals surface area contributed by atoms with E-state index in [-0.39, 0.29) is 12.6 Å². The number of thioether (sulfide) groups is 1. The summed E-state index contributed by atoms with van der Waals surface area (Å²) in [7, 11) is 1.58. The van der Waals surface area contributed by atoms with Crippen LogP contribution in [0.4, 0.5) is 4.79 Å². The van der Waals surface area contributed by atoms with Crippen molar-refractivity contribution in [3.8, 4) is 5.75 Å². The number of urea groups is 1. The Morgan fingerprint density at radius 3 is 2.74 bits per heavy atom. The average molecular weight is 406 g/mol. The van der Waals surface area contributed by atoms with E-state index in [2.05, 4.69) is 20.8 Å². The van der Waals surface area contributed by atoms with Crippen molar-refractivity contribution in [1.29, 1.82) is 0 Å². The number of esters is 1. The minimum Gasteiger partial charge on any atom is -0.497 e. The number of ether oxygens (including phenoxy) is 2. The zero-order chi connectivity index (χ0) is 19.2. The van der Waals surface area contributed by atoms with Gasteiger partial charge in [-0.1, -0.05) is 35.2 Å². The maximum atomic E-state index is 12.7. The molecule has 1 aliphatic rings. The van der Waals surface area contributed by atoms with Gasteiger partial charge in [0, 0.05) is 11.4 Å². The second-order valence-electron chi connectivity index (χ2n) is 5.41. The van der Waals surface area contributed by atoms with Gasteiger partial charge in [0.05, 0.1) is 25.3 Å². The SMILES string of the molecule is CCOC(=O)C1=C(CSc2nncs2)NC(=O)NC1c1ccc(OC)cc1. The Labute approximate surface area is 164 Å². The minimum atomic E-state index is -0.617. The first kappa shape index (κ1) is 19.2. The third kappa shape index (κ3) is 4.58. The van der Waals surface area contributed by atoms with Gasteiger partial charge in [-0.05, 0) is 24.6 Å². The predicted octanol–water partition coefficient (Wildman–Crippen LogP) is 2.51. The van der Waals surface area contributed by atoms with Crippen molar-refractivity contribution in [2.75, 3.05) is 19.5 Å². The largest absolute Gasteiger partial charge is 0.497 e. The molecule has 142 valence electrons. The lowest BCUT2D eigenvalue weighted by molar-refractivity contribution is -0.139. The van der Waals surface area contributed by atoms with Crippen LogP contribution in [0, 0.1) is 0 Å². The van der Waals surface area contributed by atoms with Gasteiger partial charge in [0.15, 0.2) is 4.34 Å². The molecule has 2 amide bonds. The van der Waals surface area contributed by atoms with E-state index in [0.717, 1.165) is 9.90 Å². The third-order valence-electron chi connectivity index (χ3n) is 3.78. The summed E-state index contributed by atoms with van der Waals surface area (Å²) in [6, 6.07) is 6.18. The molecule has 0 saturated heterocycles. The van der Waals surface area contributed by atoms with Gasteiger partial charge in [0.2, 0.25) is 0 Å². The maximum absolute atomic E-state index is 12.7. The summed E-state index contributed by atoms with van der Waals surface area (Å²) >= 11 is 2.79. The smallest absolute Gasteiger partial charge is 0.338 e. The van der Waals surface area contributed by atoms with E-state index in [0.29, 0.717) is 22.8 Å². The van der Waals surface area contributed by atoms with E-state index in [1.807, 2.05) is 12.1 Å². The normalized spacial score (nSPS) is 16.5. The number of carbonyl (C=O) groups excluding carboxylic acids is 2. The summed E-state index contributed by atoms with van der Waals surface area (Å²) < 4.78 is 11.2. The highest BCUT2D eigenvalue weighted by Gasteiger charge is 2.33. The second-order valence-corrected chi connectivity index (χ2v) is 7.47. The van der Waals surface area contributed by atoms with Gasteiger partial charge >= 0.3 is 12.0 Å². The molecule has 0 aliphatic carbocycles. The van der Waals surface area contributed by atoms with Crippen LogP contribution in [-0.4, -0.2) is 41.7 Å². The van der Waals surface area contributed by atoms with Gasteiger partial charge in [0.1, 0.15) is 11.3 Å². The van der Waals surface area contributed by atoms with Crippen LogP contribution in [0.5, 0.6) is 5.75 Å². The average Bonchev–Trinajstić information content (AvgIpc) is 3.19. The van der Waals surface area contributed by atoms with Gasteiger partial charge in [-0.3, -0.25) is 0 Å². The molecule has 2 aromatic rings. The molecule has 1 aromatic heterocycles. The molecular formula is C17H18N4O4S2. The van der Waals surface area contributed by atoms with E-state index in [9.17, 15) is 9.59 Å². The topological polar surface area (TPSA) is 102 Å². The van der Waals surface area contributed by atoms with Crippen molar-refractivity contribution in [1.82, 2.24) is 20.8 Å². The lowest BCUT2D eigenvalue weighted by Gasteiger charge is -2.29. The Balaban J connectivity index is 1.96. The third-order valence-corrected chi connectivity index (χ3v) is 5.66. The van der Waals surface area contributed by atoms with Crippen LogP contribution >= 0.6 is 23.1 Å². The molecule has 2 N–H and O–H groups in total. The number of nitrogens with one attached hydrogen (secondary N) is 2. The van der Waals surface area contributed by atoms with Crippen molar-refractivity contribution < 1.29 is 19.1 Å². The maximum Gasteiger partial charge on any atom is 0.338 e. The molecule has 0 radical (unpaired) electrons. The molecule has 1 aliphatic heterocycles. The first-order chi connectivity index (χ1) is 13.1. The van der Waals surface area contributed by atoms with E-state index in [1.165, 1.54) is 23.1 Å². The monoisotopic (exact) mass is 406 g/mol. The number of aromatic nitrogens is 2. The lowest BCUT2D eigenvalue weighted by Crippen LogP contribution is -2.46. The molecule has 1 atom stereocenters. The number of rotatable bonds is 7. The number of carbonyl (C=O) groups is 2. The van der Waals surface area contributed by atoms with Crippen LogP contribution < -0.4 is 15.4 Å². The van der Waals surface area contributed by atoms with Crippen molar-refractivity contribution >= 4 is 35.1 Å². The standard InChI is InChI=1S/C17H18N4O4S2/c1-3-25-15(22)13-12(8-26-17-21-18-9-27-17)19-16(23)20-14(13)10-4-6-11(24-2)7-5-10/h4-7,9,14H,3,8H2,1-2H3,(H2,19,20,23). The molecule has 0 spiro atoms. The molecule has 0 saturated carbocycles. The van der Waals surface area contributed by atoms with Crippen LogP contribution in [0.25, 0.3) is 0 Å². The fraction of sp³-hybridized carbons (Fsp3) is 0.294. The highest BCUT2D eigenvalue weighted by atomic mass is 32.2. The van der Waals surface area contributed by atoms with Crippen LogP contribution in [0.3, 0.4) is 0 Å². The first-order valence-corrected chi connectivity index (χ1v) is 9.99. The molecule has 1 unspecified atom stereocenters. The van der Waals surface area contributed by atoms with E-state index < -0.39 is 12.0 Å². The molecular weight excluding hydrogens is 388 g/mol. The molecule has 27 heavy (non-hydrogen) atoms. The summed E-state index contributed by atoms with van der Waals surface area (Å²) in [5.41, 5.74) is 3.26. The van der Waals surface area contributed by atoms with Crippen LogP contribution in [-0.2, 0) is 9.53 Å². The van der Waals surface area contributed by atoms with Gasteiger partial charge in [-0.25, -0.2) is 9.59 Å². The number of methoxy groups -OCH3 is 1. The Bertz CT molecular complexity index is 837. The molecule has 8 nitrogen and oxygen atoms in total. The fourth-order valence-electron chi connectivity index (χ4n) is 2.59. The summed E-state index contributed by atoms with van der Waals surface area (Å²) in [5, 5.41) is 13.3. The van der Waals surface area contributed by atoms with Crippen LogP contribution in [0.2, 0.25) is 0 Å². The molecule has 0 fully saturated rings. The highest BCUT2D eigenvalue weighted by molar-refractivity contribution is 8.01. The Morgan fingerprint density at radius 1 is 1.33 bits per heavy atom. The van der Waals surface area contributed by atoms with Crippen LogP contribution in [0.1, 0.15) is 18.5 Å². The fourth-order valence-corrected chi connectivity index (χ4v) is 4.04. The summed E-state index contributed by atoms with van der Waals surface area (Å²) in [4.78, 5) is 24.9. The van der Waals surface area contributed by atoms with Gasteiger partial charge < -0.3 is 20.1 Å².